The lowest BCUT2D eigenvalue weighted by molar-refractivity contribution is 0.287. The van der Waals surface area contributed by atoms with Gasteiger partial charge in [0.1, 0.15) is 11.6 Å². The van der Waals surface area contributed by atoms with Gasteiger partial charge in [-0.05, 0) is 18.6 Å². The van der Waals surface area contributed by atoms with E-state index < -0.39 is 0 Å². The van der Waals surface area contributed by atoms with Crippen molar-refractivity contribution < 1.29 is 9.50 Å². The van der Waals surface area contributed by atoms with Gasteiger partial charge >= 0.3 is 0 Å². The molecule has 0 aliphatic carbocycles. The van der Waals surface area contributed by atoms with Crippen molar-refractivity contribution in [3.63, 3.8) is 0 Å². The molecular weight excluding hydrogens is 219 g/mol. The standard InChI is InChI=1S/C13H15FN2O/c1-2-7-16-12-6-5-10(14)9-11(12)15-13(16)4-3-8-17/h2,5-6,9,17H,1,3-4,7-8H2. The van der Waals surface area contributed by atoms with Crippen LogP contribution in [-0.4, -0.2) is 21.3 Å². The molecule has 2 rings (SSSR count). The van der Waals surface area contributed by atoms with E-state index in [1.807, 2.05) is 4.57 Å². The van der Waals surface area contributed by atoms with Crippen molar-refractivity contribution in [3.8, 4) is 0 Å². The maximum Gasteiger partial charge on any atom is 0.125 e. The molecule has 0 saturated heterocycles. The quantitative estimate of drug-likeness (QED) is 0.806. The van der Waals surface area contributed by atoms with Gasteiger partial charge in [0.2, 0.25) is 0 Å². The maximum atomic E-state index is 13.1. The molecule has 0 radical (unpaired) electrons. The van der Waals surface area contributed by atoms with Crippen LogP contribution in [0.25, 0.3) is 11.0 Å². The highest BCUT2D eigenvalue weighted by Gasteiger charge is 2.09. The summed E-state index contributed by atoms with van der Waals surface area (Å²) < 4.78 is 15.1. The number of rotatable bonds is 5. The molecule has 1 N–H and O–H groups in total. The van der Waals surface area contributed by atoms with Gasteiger partial charge in [-0.2, -0.15) is 0 Å². The molecule has 17 heavy (non-hydrogen) atoms. The summed E-state index contributed by atoms with van der Waals surface area (Å²) in [7, 11) is 0. The Bertz CT molecular complexity index is 533. The highest BCUT2D eigenvalue weighted by molar-refractivity contribution is 5.76. The molecule has 0 saturated carbocycles. The number of aromatic nitrogens is 2. The van der Waals surface area contributed by atoms with Crippen LogP contribution in [0.15, 0.2) is 30.9 Å². The molecule has 4 heteroatoms. The van der Waals surface area contributed by atoms with Crippen LogP contribution in [0.1, 0.15) is 12.2 Å². The van der Waals surface area contributed by atoms with Gasteiger partial charge < -0.3 is 9.67 Å². The molecule has 2 aromatic rings. The van der Waals surface area contributed by atoms with Crippen molar-refractivity contribution in [2.24, 2.45) is 0 Å². The van der Waals surface area contributed by atoms with Crippen LogP contribution in [0.2, 0.25) is 0 Å². The molecule has 1 aromatic heterocycles. The summed E-state index contributed by atoms with van der Waals surface area (Å²) in [5.74, 6) is 0.578. The lowest BCUT2D eigenvalue weighted by Crippen LogP contribution is -2.03. The van der Waals surface area contributed by atoms with Crippen LogP contribution in [0.3, 0.4) is 0 Å². The molecule has 1 heterocycles. The van der Waals surface area contributed by atoms with Crippen LogP contribution in [0.4, 0.5) is 4.39 Å². The molecule has 90 valence electrons. The average molecular weight is 234 g/mol. The van der Waals surface area contributed by atoms with E-state index in [0.29, 0.717) is 24.9 Å². The normalized spacial score (nSPS) is 10.9. The van der Waals surface area contributed by atoms with Crippen molar-refractivity contribution in [2.75, 3.05) is 6.61 Å². The summed E-state index contributed by atoms with van der Waals surface area (Å²) in [5, 5.41) is 8.85. The van der Waals surface area contributed by atoms with E-state index in [9.17, 15) is 4.39 Å². The molecule has 0 bridgehead atoms. The maximum absolute atomic E-state index is 13.1. The minimum absolute atomic E-state index is 0.131. The van der Waals surface area contributed by atoms with Gasteiger partial charge in [0.05, 0.1) is 11.0 Å². The number of hydrogen-bond acceptors (Lipinski definition) is 2. The number of benzene rings is 1. The average Bonchev–Trinajstić information content (AvgIpc) is 2.64. The minimum Gasteiger partial charge on any atom is -0.396 e. The van der Waals surface area contributed by atoms with Gasteiger partial charge in [-0.1, -0.05) is 6.08 Å². The highest BCUT2D eigenvalue weighted by Crippen LogP contribution is 2.18. The van der Waals surface area contributed by atoms with Crippen LogP contribution < -0.4 is 0 Å². The van der Waals surface area contributed by atoms with Crippen LogP contribution in [-0.2, 0) is 13.0 Å². The first-order chi connectivity index (χ1) is 8.26. The van der Waals surface area contributed by atoms with Crippen molar-refractivity contribution in [1.29, 1.82) is 0 Å². The minimum atomic E-state index is -0.283. The first kappa shape index (κ1) is 11.8. The zero-order valence-corrected chi connectivity index (χ0v) is 9.56. The summed E-state index contributed by atoms with van der Waals surface area (Å²) in [4.78, 5) is 4.39. The molecule has 0 unspecified atom stereocenters. The lowest BCUT2D eigenvalue weighted by Gasteiger charge is -2.05. The van der Waals surface area contributed by atoms with E-state index in [1.54, 1.807) is 12.1 Å². The summed E-state index contributed by atoms with van der Waals surface area (Å²) in [6.07, 6.45) is 3.12. The second-order valence-electron chi connectivity index (χ2n) is 3.89. The first-order valence-electron chi connectivity index (χ1n) is 5.62. The second kappa shape index (κ2) is 5.10. The van der Waals surface area contributed by atoms with E-state index in [-0.39, 0.29) is 12.4 Å². The highest BCUT2D eigenvalue weighted by atomic mass is 19.1. The first-order valence-corrected chi connectivity index (χ1v) is 5.62. The Labute approximate surface area is 99.2 Å². The summed E-state index contributed by atoms with van der Waals surface area (Å²) >= 11 is 0. The Morgan fingerprint density at radius 3 is 3.00 bits per heavy atom. The number of halogens is 1. The number of allylic oxidation sites excluding steroid dienone is 1. The fourth-order valence-electron chi connectivity index (χ4n) is 1.91. The van der Waals surface area contributed by atoms with Crippen molar-refractivity contribution in [1.82, 2.24) is 9.55 Å². The number of aliphatic hydroxyl groups is 1. The van der Waals surface area contributed by atoms with Gasteiger partial charge in [0, 0.05) is 25.6 Å². The fraction of sp³-hybridized carbons (Fsp3) is 0.308. The number of hydrogen-bond donors (Lipinski definition) is 1. The van der Waals surface area contributed by atoms with Gasteiger partial charge in [0.15, 0.2) is 0 Å². The predicted molar refractivity (Wildman–Crippen MR) is 65.3 cm³/mol. The lowest BCUT2D eigenvalue weighted by atomic mass is 10.3. The fourth-order valence-corrected chi connectivity index (χ4v) is 1.91. The van der Waals surface area contributed by atoms with Crippen LogP contribution >= 0.6 is 0 Å². The molecule has 0 fully saturated rings. The number of aliphatic hydroxyl groups excluding tert-OH is 1. The van der Waals surface area contributed by atoms with E-state index in [2.05, 4.69) is 11.6 Å². The summed E-state index contributed by atoms with van der Waals surface area (Å²) in [5.41, 5.74) is 1.55. The molecule has 0 spiro atoms. The van der Waals surface area contributed by atoms with Crippen LogP contribution in [0.5, 0.6) is 0 Å². The summed E-state index contributed by atoms with van der Waals surface area (Å²) in [6, 6.07) is 4.58. The van der Waals surface area contributed by atoms with E-state index in [0.717, 1.165) is 11.3 Å². The van der Waals surface area contributed by atoms with E-state index in [1.165, 1.54) is 12.1 Å². The van der Waals surface area contributed by atoms with E-state index in [4.69, 9.17) is 5.11 Å². The van der Waals surface area contributed by atoms with Crippen molar-refractivity contribution in [2.45, 2.75) is 19.4 Å². The number of aryl methyl sites for hydroxylation is 1. The third-order valence-electron chi connectivity index (χ3n) is 2.66. The molecular formula is C13H15FN2O. The molecule has 0 amide bonds. The smallest absolute Gasteiger partial charge is 0.125 e. The second-order valence-corrected chi connectivity index (χ2v) is 3.89. The Kier molecular flexibility index (Phi) is 3.54. The Morgan fingerprint density at radius 1 is 1.47 bits per heavy atom. The van der Waals surface area contributed by atoms with Crippen LogP contribution in [0, 0.1) is 5.82 Å². The van der Waals surface area contributed by atoms with E-state index >= 15 is 0 Å². The molecule has 1 aromatic carbocycles. The number of nitrogens with zero attached hydrogens (tertiary/aromatic N) is 2. The Balaban J connectivity index is 2.49. The molecule has 0 aliphatic heterocycles. The van der Waals surface area contributed by atoms with Gasteiger partial charge in [0.25, 0.3) is 0 Å². The topological polar surface area (TPSA) is 38.0 Å². The monoisotopic (exact) mass is 234 g/mol. The Hall–Kier alpha value is -1.68. The molecule has 3 nitrogen and oxygen atoms in total. The predicted octanol–water partition coefficient (Wildman–Crippen LogP) is 2.29. The largest absolute Gasteiger partial charge is 0.396 e. The SMILES string of the molecule is C=CCn1c(CCCO)nc2cc(F)ccc21. The zero-order valence-electron chi connectivity index (χ0n) is 9.56. The number of imidazole rings is 1. The molecule has 0 aliphatic rings. The summed E-state index contributed by atoms with van der Waals surface area (Å²) in [6.45, 7) is 4.48. The van der Waals surface area contributed by atoms with Crippen molar-refractivity contribution in [3.05, 3.63) is 42.5 Å². The third-order valence-corrected chi connectivity index (χ3v) is 2.66. The van der Waals surface area contributed by atoms with Gasteiger partial charge in [-0.25, -0.2) is 9.37 Å². The Morgan fingerprint density at radius 2 is 2.29 bits per heavy atom. The van der Waals surface area contributed by atoms with Gasteiger partial charge in [-0.15, -0.1) is 6.58 Å². The van der Waals surface area contributed by atoms with Crippen molar-refractivity contribution >= 4 is 11.0 Å². The third kappa shape index (κ3) is 2.36. The zero-order chi connectivity index (χ0) is 12.3. The van der Waals surface area contributed by atoms with Gasteiger partial charge in [-0.3, -0.25) is 0 Å². The number of fused-ring (bicyclic) bond motifs is 1. The molecule has 0 atom stereocenters.